The molecule has 132 valence electrons. The summed E-state index contributed by atoms with van der Waals surface area (Å²) in [6.45, 7) is 7.28. The molecule has 1 amide bonds. The molecule has 6 heteroatoms. The smallest absolute Gasteiger partial charge is 0.231 e. The van der Waals surface area contributed by atoms with Crippen molar-refractivity contribution in [2.24, 2.45) is 5.41 Å². The number of amides is 1. The first-order valence-electron chi connectivity index (χ1n) is 8.95. The lowest BCUT2D eigenvalue weighted by atomic mass is 9.78. The molecule has 0 bridgehead atoms. The highest BCUT2D eigenvalue weighted by Gasteiger charge is 2.49. The Labute approximate surface area is 152 Å². The Balaban J connectivity index is 1.50. The normalized spacial score (nSPS) is 23.7. The fourth-order valence-electron chi connectivity index (χ4n) is 4.13. The summed E-state index contributed by atoms with van der Waals surface area (Å²) in [7, 11) is 0. The van der Waals surface area contributed by atoms with Gasteiger partial charge in [0.2, 0.25) is 5.91 Å². The average molecular weight is 356 g/mol. The zero-order valence-electron chi connectivity index (χ0n) is 14.9. The van der Waals surface area contributed by atoms with E-state index in [1.165, 1.54) is 0 Å². The van der Waals surface area contributed by atoms with Crippen LogP contribution < -0.4 is 4.90 Å². The van der Waals surface area contributed by atoms with Crippen molar-refractivity contribution in [2.45, 2.75) is 39.7 Å². The number of anilines is 1. The SMILES string of the molecule is Cc1cccc(N2CCC[C@]3(CCN(Cc4csc(C)n4)C3=O)C2)n1. The maximum atomic E-state index is 13.2. The van der Waals surface area contributed by atoms with Crippen molar-refractivity contribution in [1.82, 2.24) is 14.9 Å². The van der Waals surface area contributed by atoms with Crippen molar-refractivity contribution in [2.75, 3.05) is 24.5 Å². The van der Waals surface area contributed by atoms with Crippen molar-refractivity contribution < 1.29 is 4.79 Å². The molecule has 25 heavy (non-hydrogen) atoms. The number of hydrogen-bond acceptors (Lipinski definition) is 5. The van der Waals surface area contributed by atoms with Gasteiger partial charge in [-0.2, -0.15) is 0 Å². The lowest BCUT2D eigenvalue weighted by molar-refractivity contribution is -0.137. The molecule has 2 fully saturated rings. The van der Waals surface area contributed by atoms with Crippen molar-refractivity contribution in [3.05, 3.63) is 40.0 Å². The number of hydrogen-bond donors (Lipinski definition) is 0. The molecule has 0 aliphatic carbocycles. The molecule has 2 aromatic heterocycles. The number of nitrogens with zero attached hydrogens (tertiary/aromatic N) is 4. The van der Waals surface area contributed by atoms with Crippen LogP contribution in [0.3, 0.4) is 0 Å². The minimum absolute atomic E-state index is 0.241. The third kappa shape index (κ3) is 3.15. The molecule has 1 spiro atoms. The summed E-state index contributed by atoms with van der Waals surface area (Å²) in [5, 5.41) is 3.13. The van der Waals surface area contributed by atoms with E-state index >= 15 is 0 Å². The van der Waals surface area contributed by atoms with Gasteiger partial charge in [-0.3, -0.25) is 4.79 Å². The second kappa shape index (κ2) is 6.41. The number of piperidine rings is 1. The van der Waals surface area contributed by atoms with Crippen LogP contribution in [0.2, 0.25) is 0 Å². The first-order chi connectivity index (χ1) is 12.1. The topological polar surface area (TPSA) is 49.3 Å². The molecule has 2 aliphatic heterocycles. The van der Waals surface area contributed by atoms with Gasteiger partial charge in [0.15, 0.2) is 0 Å². The van der Waals surface area contributed by atoms with E-state index in [9.17, 15) is 4.79 Å². The summed E-state index contributed by atoms with van der Waals surface area (Å²) < 4.78 is 0. The standard InChI is InChI=1S/C19H24N4OS/c1-14-5-3-6-17(20-14)23-9-4-7-19(13-23)8-10-22(18(19)24)11-16-12-25-15(2)21-16/h3,5-6,12H,4,7-11,13H2,1-2H3/t19-/m0/s1. The van der Waals surface area contributed by atoms with Crippen LogP contribution in [0, 0.1) is 19.3 Å². The predicted molar refractivity (Wildman–Crippen MR) is 99.7 cm³/mol. The molecule has 2 saturated heterocycles. The molecule has 0 N–H and O–H groups in total. The molecular weight excluding hydrogens is 332 g/mol. The van der Waals surface area contributed by atoms with Crippen LogP contribution in [-0.4, -0.2) is 40.4 Å². The first-order valence-corrected chi connectivity index (χ1v) is 9.83. The van der Waals surface area contributed by atoms with Crippen LogP contribution in [0.4, 0.5) is 5.82 Å². The number of aryl methyl sites for hydroxylation is 2. The summed E-state index contributed by atoms with van der Waals surface area (Å²) in [6.07, 6.45) is 2.98. The van der Waals surface area contributed by atoms with Crippen molar-refractivity contribution in [3.8, 4) is 0 Å². The summed E-state index contributed by atoms with van der Waals surface area (Å²) >= 11 is 1.65. The molecule has 0 aromatic carbocycles. The maximum absolute atomic E-state index is 13.2. The second-order valence-corrected chi connectivity index (χ2v) is 8.34. The van der Waals surface area contributed by atoms with E-state index in [4.69, 9.17) is 0 Å². The van der Waals surface area contributed by atoms with Gasteiger partial charge in [0.1, 0.15) is 5.82 Å². The van der Waals surface area contributed by atoms with E-state index < -0.39 is 0 Å². The van der Waals surface area contributed by atoms with Gasteiger partial charge in [-0.1, -0.05) is 6.07 Å². The third-order valence-corrected chi connectivity index (χ3v) is 6.22. The minimum Gasteiger partial charge on any atom is -0.356 e. The Morgan fingerprint density at radius 1 is 1.20 bits per heavy atom. The minimum atomic E-state index is -0.241. The average Bonchev–Trinajstić information content (AvgIpc) is 3.14. The van der Waals surface area contributed by atoms with Crippen LogP contribution >= 0.6 is 11.3 Å². The van der Waals surface area contributed by atoms with Gasteiger partial charge in [-0.15, -0.1) is 11.3 Å². The number of pyridine rings is 1. The van der Waals surface area contributed by atoms with Gasteiger partial charge in [-0.05, 0) is 45.2 Å². The van der Waals surface area contributed by atoms with Gasteiger partial charge < -0.3 is 9.80 Å². The Kier molecular flexibility index (Phi) is 4.23. The highest BCUT2D eigenvalue weighted by Crippen LogP contribution is 2.41. The van der Waals surface area contributed by atoms with Crippen LogP contribution in [0.25, 0.3) is 0 Å². The molecule has 1 atom stereocenters. The van der Waals surface area contributed by atoms with E-state index in [-0.39, 0.29) is 5.41 Å². The largest absolute Gasteiger partial charge is 0.356 e. The van der Waals surface area contributed by atoms with Crippen LogP contribution in [0.5, 0.6) is 0 Å². The number of carbonyl (C=O) groups is 1. The van der Waals surface area contributed by atoms with Crippen LogP contribution in [0.1, 0.15) is 35.7 Å². The monoisotopic (exact) mass is 356 g/mol. The highest BCUT2D eigenvalue weighted by atomic mass is 32.1. The number of likely N-dealkylation sites (tertiary alicyclic amines) is 1. The zero-order chi connectivity index (χ0) is 17.4. The Morgan fingerprint density at radius 2 is 2.08 bits per heavy atom. The molecule has 2 aliphatic rings. The van der Waals surface area contributed by atoms with Gasteiger partial charge in [0.05, 0.1) is 22.7 Å². The maximum Gasteiger partial charge on any atom is 0.231 e. The molecule has 0 unspecified atom stereocenters. The van der Waals surface area contributed by atoms with Crippen molar-refractivity contribution >= 4 is 23.1 Å². The quantitative estimate of drug-likeness (QED) is 0.847. The molecule has 0 radical (unpaired) electrons. The number of carbonyl (C=O) groups excluding carboxylic acids is 1. The van der Waals surface area contributed by atoms with Gasteiger partial charge >= 0.3 is 0 Å². The molecule has 2 aromatic rings. The van der Waals surface area contributed by atoms with E-state index in [1.54, 1.807) is 11.3 Å². The predicted octanol–water partition coefficient (Wildman–Crippen LogP) is 3.17. The summed E-state index contributed by atoms with van der Waals surface area (Å²) in [5.41, 5.74) is 1.80. The van der Waals surface area contributed by atoms with E-state index in [0.29, 0.717) is 12.5 Å². The molecule has 0 saturated carbocycles. The fraction of sp³-hybridized carbons (Fsp3) is 0.526. The Bertz CT molecular complexity index is 789. The number of thiazole rings is 1. The Morgan fingerprint density at radius 3 is 2.84 bits per heavy atom. The Hall–Kier alpha value is -1.95. The van der Waals surface area contributed by atoms with Crippen molar-refractivity contribution in [1.29, 1.82) is 0 Å². The van der Waals surface area contributed by atoms with Gasteiger partial charge in [0.25, 0.3) is 0 Å². The number of aromatic nitrogens is 2. The highest BCUT2D eigenvalue weighted by molar-refractivity contribution is 7.09. The van der Waals surface area contributed by atoms with E-state index in [0.717, 1.165) is 61.1 Å². The van der Waals surface area contributed by atoms with Crippen LogP contribution in [-0.2, 0) is 11.3 Å². The molecule has 4 rings (SSSR count). The van der Waals surface area contributed by atoms with E-state index in [1.807, 2.05) is 30.9 Å². The summed E-state index contributed by atoms with van der Waals surface area (Å²) in [5.74, 6) is 1.30. The zero-order valence-corrected chi connectivity index (χ0v) is 15.7. The van der Waals surface area contributed by atoms with Crippen molar-refractivity contribution in [3.63, 3.8) is 0 Å². The second-order valence-electron chi connectivity index (χ2n) is 7.28. The summed E-state index contributed by atoms with van der Waals surface area (Å²) in [4.78, 5) is 26.7. The molecular formula is C19H24N4OS. The van der Waals surface area contributed by atoms with E-state index in [2.05, 4.69) is 26.3 Å². The fourth-order valence-corrected chi connectivity index (χ4v) is 4.73. The van der Waals surface area contributed by atoms with Gasteiger partial charge in [0, 0.05) is 30.7 Å². The summed E-state index contributed by atoms with van der Waals surface area (Å²) in [6, 6.07) is 6.12. The first kappa shape index (κ1) is 16.5. The lowest BCUT2D eigenvalue weighted by Crippen LogP contribution is -2.48. The van der Waals surface area contributed by atoms with Crippen LogP contribution in [0.15, 0.2) is 23.6 Å². The molecule has 5 nitrogen and oxygen atoms in total. The third-order valence-electron chi connectivity index (χ3n) is 5.40. The molecule has 4 heterocycles. The number of rotatable bonds is 3. The lowest BCUT2D eigenvalue weighted by Gasteiger charge is -2.39. The van der Waals surface area contributed by atoms with Gasteiger partial charge in [-0.25, -0.2) is 9.97 Å².